The Hall–Kier alpha value is -0.810. The van der Waals surface area contributed by atoms with Crippen LogP contribution in [-0.4, -0.2) is 18.5 Å². The molecule has 1 aromatic rings. The molecule has 0 radical (unpaired) electrons. The fraction of sp³-hybridized carbons (Fsp3) is 0.533. The highest BCUT2D eigenvalue weighted by Gasteiger charge is 2.15. The molecule has 0 saturated heterocycles. The molecule has 2 N–H and O–H groups in total. The van der Waals surface area contributed by atoms with Crippen molar-refractivity contribution >= 4 is 39.1 Å². The van der Waals surface area contributed by atoms with E-state index in [4.69, 9.17) is 11.6 Å². The van der Waals surface area contributed by atoms with Crippen LogP contribution in [0.3, 0.4) is 0 Å². The van der Waals surface area contributed by atoms with E-state index in [1.54, 1.807) is 0 Å². The molecule has 3 nitrogen and oxygen atoms in total. The van der Waals surface area contributed by atoms with Crippen molar-refractivity contribution in [3.63, 3.8) is 0 Å². The number of benzene rings is 1. The van der Waals surface area contributed by atoms with Crippen molar-refractivity contribution < 1.29 is 9.18 Å². The standard InChI is InChI=1S/C15H19BrClFN2O/c16-12-7-10(18)8-13(17)15(12)19-9-14(21)20-11-5-3-1-2-4-6-11/h7-8,11,19H,1-6,9H2,(H,20,21). The molecular formula is C15H19BrClFN2O. The summed E-state index contributed by atoms with van der Waals surface area (Å²) in [7, 11) is 0. The van der Waals surface area contributed by atoms with Gasteiger partial charge in [-0.05, 0) is 40.9 Å². The van der Waals surface area contributed by atoms with Gasteiger partial charge in [-0.3, -0.25) is 4.79 Å². The molecule has 0 bridgehead atoms. The lowest BCUT2D eigenvalue weighted by Gasteiger charge is -2.17. The van der Waals surface area contributed by atoms with E-state index in [0.29, 0.717) is 10.2 Å². The van der Waals surface area contributed by atoms with Gasteiger partial charge >= 0.3 is 0 Å². The number of hydrogen-bond donors (Lipinski definition) is 2. The summed E-state index contributed by atoms with van der Waals surface area (Å²) in [6.07, 6.45) is 6.95. The Balaban J connectivity index is 1.86. The average molecular weight is 378 g/mol. The monoisotopic (exact) mass is 376 g/mol. The Morgan fingerprint density at radius 3 is 2.57 bits per heavy atom. The molecule has 0 unspecified atom stereocenters. The highest BCUT2D eigenvalue weighted by Crippen LogP contribution is 2.31. The maximum Gasteiger partial charge on any atom is 0.239 e. The maximum absolute atomic E-state index is 13.1. The first kappa shape index (κ1) is 16.6. The zero-order chi connectivity index (χ0) is 15.2. The van der Waals surface area contributed by atoms with Gasteiger partial charge in [-0.2, -0.15) is 0 Å². The first-order valence-corrected chi connectivity index (χ1v) is 8.41. The first-order chi connectivity index (χ1) is 10.1. The third kappa shape index (κ3) is 5.15. The van der Waals surface area contributed by atoms with E-state index in [-0.39, 0.29) is 23.5 Å². The van der Waals surface area contributed by atoms with Crippen LogP contribution in [0.15, 0.2) is 16.6 Å². The summed E-state index contributed by atoms with van der Waals surface area (Å²) < 4.78 is 13.6. The van der Waals surface area contributed by atoms with E-state index in [2.05, 4.69) is 26.6 Å². The second kappa shape index (κ2) is 7.99. The van der Waals surface area contributed by atoms with E-state index in [1.807, 2.05) is 0 Å². The van der Waals surface area contributed by atoms with E-state index in [1.165, 1.54) is 37.8 Å². The molecule has 1 amide bonds. The molecule has 1 aliphatic rings. The quantitative estimate of drug-likeness (QED) is 0.759. The summed E-state index contributed by atoms with van der Waals surface area (Å²) in [6.45, 7) is 0.125. The largest absolute Gasteiger partial charge is 0.374 e. The molecule has 1 aromatic carbocycles. The predicted octanol–water partition coefficient (Wildman–Crippen LogP) is 4.49. The van der Waals surface area contributed by atoms with Gasteiger partial charge in [0.2, 0.25) is 5.91 Å². The lowest BCUT2D eigenvalue weighted by molar-refractivity contribution is -0.120. The fourth-order valence-electron chi connectivity index (χ4n) is 2.58. The van der Waals surface area contributed by atoms with E-state index >= 15 is 0 Å². The van der Waals surface area contributed by atoms with Gasteiger partial charge in [0.15, 0.2) is 0 Å². The maximum atomic E-state index is 13.1. The molecule has 1 fully saturated rings. The molecule has 1 saturated carbocycles. The van der Waals surface area contributed by atoms with Crippen molar-refractivity contribution in [1.29, 1.82) is 0 Å². The molecule has 0 aliphatic heterocycles. The Kier molecular flexibility index (Phi) is 6.30. The summed E-state index contributed by atoms with van der Waals surface area (Å²) in [5.41, 5.74) is 0.536. The minimum atomic E-state index is -0.416. The third-order valence-corrected chi connectivity index (χ3v) is 4.58. The van der Waals surface area contributed by atoms with Crippen LogP contribution >= 0.6 is 27.5 Å². The van der Waals surface area contributed by atoms with Crippen LogP contribution in [0.4, 0.5) is 10.1 Å². The van der Waals surface area contributed by atoms with Crippen LogP contribution in [0.25, 0.3) is 0 Å². The molecule has 0 aromatic heterocycles. The number of rotatable bonds is 4. The van der Waals surface area contributed by atoms with E-state index in [0.717, 1.165) is 12.8 Å². The SMILES string of the molecule is O=C(CNc1c(Cl)cc(F)cc1Br)NC1CCCCCC1. The smallest absolute Gasteiger partial charge is 0.239 e. The number of amides is 1. The molecule has 6 heteroatoms. The molecule has 0 spiro atoms. The van der Waals surface area contributed by atoms with Gasteiger partial charge in [-0.15, -0.1) is 0 Å². The normalized spacial score (nSPS) is 16.3. The molecule has 0 atom stereocenters. The summed E-state index contributed by atoms with van der Waals surface area (Å²) >= 11 is 9.21. The summed E-state index contributed by atoms with van der Waals surface area (Å²) in [5, 5.41) is 6.26. The van der Waals surface area contributed by atoms with Gasteiger partial charge in [-0.25, -0.2) is 4.39 Å². The number of anilines is 1. The predicted molar refractivity (Wildman–Crippen MR) is 87.2 cm³/mol. The summed E-state index contributed by atoms with van der Waals surface area (Å²) in [4.78, 5) is 12.0. The van der Waals surface area contributed by atoms with E-state index in [9.17, 15) is 9.18 Å². The van der Waals surface area contributed by atoms with Crippen molar-refractivity contribution in [2.45, 2.75) is 44.6 Å². The van der Waals surface area contributed by atoms with Gasteiger partial charge in [0, 0.05) is 10.5 Å². The zero-order valence-corrected chi connectivity index (χ0v) is 14.1. The summed E-state index contributed by atoms with van der Waals surface area (Å²) in [6, 6.07) is 2.81. The van der Waals surface area contributed by atoms with Crippen LogP contribution in [-0.2, 0) is 4.79 Å². The van der Waals surface area contributed by atoms with Crippen LogP contribution in [0.5, 0.6) is 0 Å². The van der Waals surface area contributed by atoms with Gasteiger partial charge in [0.25, 0.3) is 0 Å². The minimum absolute atomic E-state index is 0.0609. The molecular weight excluding hydrogens is 359 g/mol. The Morgan fingerprint density at radius 1 is 1.29 bits per heavy atom. The molecule has 1 aliphatic carbocycles. The second-order valence-electron chi connectivity index (χ2n) is 5.35. The van der Waals surface area contributed by atoms with Crippen molar-refractivity contribution in [1.82, 2.24) is 5.32 Å². The van der Waals surface area contributed by atoms with E-state index < -0.39 is 5.82 Å². The van der Waals surface area contributed by atoms with Crippen molar-refractivity contribution in [2.24, 2.45) is 0 Å². The number of nitrogens with one attached hydrogen (secondary N) is 2. The van der Waals surface area contributed by atoms with Crippen LogP contribution < -0.4 is 10.6 Å². The molecule has 2 rings (SSSR count). The lowest BCUT2D eigenvalue weighted by atomic mass is 10.1. The first-order valence-electron chi connectivity index (χ1n) is 7.24. The Morgan fingerprint density at radius 2 is 1.95 bits per heavy atom. The zero-order valence-electron chi connectivity index (χ0n) is 11.7. The Bertz CT molecular complexity index is 481. The highest BCUT2D eigenvalue weighted by atomic mass is 79.9. The molecule has 116 valence electrons. The van der Waals surface area contributed by atoms with Gasteiger partial charge in [-0.1, -0.05) is 37.3 Å². The highest BCUT2D eigenvalue weighted by molar-refractivity contribution is 9.10. The molecule has 0 heterocycles. The third-order valence-electron chi connectivity index (χ3n) is 3.65. The fourth-order valence-corrected chi connectivity index (χ4v) is 3.54. The number of hydrogen-bond acceptors (Lipinski definition) is 2. The van der Waals surface area contributed by atoms with Gasteiger partial charge < -0.3 is 10.6 Å². The lowest BCUT2D eigenvalue weighted by Crippen LogP contribution is -2.38. The Labute approximate surface area is 137 Å². The minimum Gasteiger partial charge on any atom is -0.374 e. The number of carbonyl (C=O) groups excluding carboxylic acids is 1. The molecule has 21 heavy (non-hydrogen) atoms. The van der Waals surface area contributed by atoms with Crippen molar-refractivity contribution in [2.75, 3.05) is 11.9 Å². The van der Waals surface area contributed by atoms with Gasteiger partial charge in [0.05, 0.1) is 17.3 Å². The van der Waals surface area contributed by atoms with Crippen molar-refractivity contribution in [3.8, 4) is 0 Å². The average Bonchev–Trinajstić information content (AvgIpc) is 2.66. The van der Waals surface area contributed by atoms with Crippen LogP contribution in [0.1, 0.15) is 38.5 Å². The van der Waals surface area contributed by atoms with Crippen LogP contribution in [0.2, 0.25) is 5.02 Å². The summed E-state index contributed by atoms with van der Waals surface area (Å²) in [5.74, 6) is -0.477. The second-order valence-corrected chi connectivity index (χ2v) is 6.62. The number of carbonyl (C=O) groups is 1. The van der Waals surface area contributed by atoms with Crippen molar-refractivity contribution in [3.05, 3.63) is 27.4 Å². The van der Waals surface area contributed by atoms with Crippen LogP contribution in [0, 0.1) is 5.82 Å². The van der Waals surface area contributed by atoms with Gasteiger partial charge in [0.1, 0.15) is 5.82 Å². The topological polar surface area (TPSA) is 41.1 Å². The number of halogens is 3.